The molecular weight excluding hydrogens is 296 g/mol. The smallest absolute Gasteiger partial charge is 0.194 e. The van der Waals surface area contributed by atoms with Gasteiger partial charge < -0.3 is 14.2 Å². The Hall–Kier alpha value is -2.50. The summed E-state index contributed by atoms with van der Waals surface area (Å²) < 4.78 is 15.8. The number of rotatable bonds is 4. The molecule has 3 rings (SSSR count). The second kappa shape index (κ2) is 5.95. The van der Waals surface area contributed by atoms with Crippen LogP contribution in [0.25, 0.3) is 0 Å². The summed E-state index contributed by atoms with van der Waals surface area (Å²) in [5.41, 5.74) is 2.06. The van der Waals surface area contributed by atoms with Crippen molar-refractivity contribution >= 4 is 11.6 Å². The fourth-order valence-corrected chi connectivity index (χ4v) is 2.85. The fourth-order valence-electron chi connectivity index (χ4n) is 2.85. The normalized spacial score (nSPS) is 13.0. The summed E-state index contributed by atoms with van der Waals surface area (Å²) in [6.07, 6.45) is -0.685. The number of benzene rings is 2. The molecule has 2 aromatic carbocycles. The quantitative estimate of drug-likeness (QED) is 0.693. The number of ether oxygens (including phenoxy) is 3. The van der Waals surface area contributed by atoms with E-state index in [-0.39, 0.29) is 11.6 Å². The minimum absolute atomic E-state index is 0.188. The molecular formula is C18H16O5. The zero-order chi connectivity index (χ0) is 16.6. The molecule has 0 N–H and O–H groups in total. The molecule has 0 saturated carbocycles. The summed E-state index contributed by atoms with van der Waals surface area (Å²) in [6, 6.07) is 9.99. The lowest BCUT2D eigenvalue weighted by atomic mass is 9.83. The molecule has 0 unspecified atom stereocenters. The van der Waals surface area contributed by atoms with Crippen molar-refractivity contribution in [1.29, 1.82) is 0 Å². The maximum Gasteiger partial charge on any atom is 0.194 e. The van der Waals surface area contributed by atoms with Crippen LogP contribution in [0.3, 0.4) is 0 Å². The SMILES string of the molecule is COc1cc2c(cc1C(OC)OC)C(=O)c1ccccc1C2=O. The molecule has 1 aliphatic rings. The molecule has 0 aliphatic heterocycles. The number of carbonyl (C=O) groups excluding carboxylic acids is 2. The van der Waals surface area contributed by atoms with Crippen LogP contribution in [0.4, 0.5) is 0 Å². The highest BCUT2D eigenvalue weighted by atomic mass is 16.7. The van der Waals surface area contributed by atoms with Gasteiger partial charge in [0.2, 0.25) is 0 Å². The van der Waals surface area contributed by atoms with Gasteiger partial charge in [0, 0.05) is 36.5 Å². The molecule has 1 aliphatic carbocycles. The molecule has 0 radical (unpaired) electrons. The second-order valence-corrected chi connectivity index (χ2v) is 5.15. The molecule has 0 atom stereocenters. The van der Waals surface area contributed by atoms with Crippen LogP contribution in [0.2, 0.25) is 0 Å². The minimum Gasteiger partial charge on any atom is -0.496 e. The van der Waals surface area contributed by atoms with E-state index in [9.17, 15) is 9.59 Å². The first-order chi connectivity index (χ1) is 11.1. The molecule has 118 valence electrons. The van der Waals surface area contributed by atoms with Gasteiger partial charge in [0.05, 0.1) is 12.7 Å². The van der Waals surface area contributed by atoms with E-state index in [1.54, 1.807) is 36.4 Å². The van der Waals surface area contributed by atoms with Crippen LogP contribution in [0.1, 0.15) is 43.7 Å². The van der Waals surface area contributed by atoms with Crippen molar-refractivity contribution in [2.45, 2.75) is 6.29 Å². The van der Waals surface area contributed by atoms with Crippen LogP contribution in [-0.2, 0) is 9.47 Å². The number of hydrogen-bond donors (Lipinski definition) is 0. The van der Waals surface area contributed by atoms with Crippen molar-refractivity contribution in [1.82, 2.24) is 0 Å². The van der Waals surface area contributed by atoms with Crippen molar-refractivity contribution < 1.29 is 23.8 Å². The number of hydrogen-bond acceptors (Lipinski definition) is 5. The summed E-state index contributed by atoms with van der Waals surface area (Å²) >= 11 is 0. The molecule has 0 amide bonds. The maximum absolute atomic E-state index is 12.7. The van der Waals surface area contributed by atoms with Gasteiger partial charge in [-0.3, -0.25) is 9.59 Å². The number of ketones is 2. The molecule has 0 bridgehead atoms. The van der Waals surface area contributed by atoms with Gasteiger partial charge >= 0.3 is 0 Å². The van der Waals surface area contributed by atoms with Gasteiger partial charge in [0.25, 0.3) is 0 Å². The van der Waals surface area contributed by atoms with Crippen LogP contribution >= 0.6 is 0 Å². The highest BCUT2D eigenvalue weighted by molar-refractivity contribution is 6.28. The Labute approximate surface area is 133 Å². The van der Waals surface area contributed by atoms with Gasteiger partial charge in [-0.1, -0.05) is 24.3 Å². The Morgan fingerprint density at radius 2 is 1.30 bits per heavy atom. The Kier molecular flexibility index (Phi) is 3.98. The van der Waals surface area contributed by atoms with Crippen LogP contribution in [0.15, 0.2) is 36.4 Å². The predicted octanol–water partition coefficient (Wildman–Crippen LogP) is 2.76. The standard InChI is InChI=1S/C18H16O5/c1-21-15-9-13-12(8-14(15)18(22-2)23-3)16(19)10-6-4-5-7-11(10)17(13)20/h4-9,18H,1-3H3. The van der Waals surface area contributed by atoms with Gasteiger partial charge in [-0.15, -0.1) is 0 Å². The highest BCUT2D eigenvalue weighted by Gasteiger charge is 2.32. The lowest BCUT2D eigenvalue weighted by Gasteiger charge is -2.22. The summed E-state index contributed by atoms with van der Waals surface area (Å²) in [6.45, 7) is 0. The molecule has 0 aromatic heterocycles. The predicted molar refractivity (Wildman–Crippen MR) is 83.1 cm³/mol. The molecule has 0 heterocycles. The van der Waals surface area contributed by atoms with Gasteiger partial charge in [-0.25, -0.2) is 0 Å². The number of carbonyl (C=O) groups is 2. The van der Waals surface area contributed by atoms with E-state index in [2.05, 4.69) is 0 Å². The largest absolute Gasteiger partial charge is 0.496 e. The summed E-state index contributed by atoms with van der Waals surface area (Å²) in [5, 5.41) is 0. The average Bonchev–Trinajstić information content (AvgIpc) is 2.60. The van der Waals surface area contributed by atoms with E-state index in [0.717, 1.165) is 0 Å². The number of methoxy groups -OCH3 is 3. The summed E-state index contributed by atoms with van der Waals surface area (Å²) in [5.74, 6) is 0.0643. The number of fused-ring (bicyclic) bond motifs is 2. The Morgan fingerprint density at radius 1 is 0.783 bits per heavy atom. The third-order valence-electron chi connectivity index (χ3n) is 3.96. The first-order valence-corrected chi connectivity index (χ1v) is 7.08. The molecule has 2 aromatic rings. The van der Waals surface area contributed by atoms with Crippen LogP contribution in [-0.4, -0.2) is 32.9 Å². The average molecular weight is 312 g/mol. The first-order valence-electron chi connectivity index (χ1n) is 7.08. The van der Waals surface area contributed by atoms with Crippen LogP contribution < -0.4 is 4.74 Å². The Morgan fingerprint density at radius 3 is 1.78 bits per heavy atom. The van der Waals surface area contributed by atoms with E-state index >= 15 is 0 Å². The third kappa shape index (κ3) is 2.34. The van der Waals surface area contributed by atoms with Crippen molar-refractivity contribution in [2.75, 3.05) is 21.3 Å². The second-order valence-electron chi connectivity index (χ2n) is 5.15. The van der Waals surface area contributed by atoms with Gasteiger partial charge in [-0.2, -0.15) is 0 Å². The first kappa shape index (κ1) is 15.4. The summed E-state index contributed by atoms with van der Waals surface area (Å²) in [7, 11) is 4.49. The Balaban J connectivity index is 2.23. The van der Waals surface area contributed by atoms with Crippen molar-refractivity contribution in [3.05, 3.63) is 64.2 Å². The van der Waals surface area contributed by atoms with E-state index in [0.29, 0.717) is 33.6 Å². The van der Waals surface area contributed by atoms with E-state index < -0.39 is 6.29 Å². The molecule has 0 fully saturated rings. The molecule has 5 heteroatoms. The third-order valence-corrected chi connectivity index (χ3v) is 3.96. The van der Waals surface area contributed by atoms with Gasteiger partial charge in [0.1, 0.15) is 5.75 Å². The van der Waals surface area contributed by atoms with Crippen molar-refractivity contribution in [3.8, 4) is 5.75 Å². The van der Waals surface area contributed by atoms with E-state index in [1.807, 2.05) is 0 Å². The lowest BCUT2D eigenvalue weighted by molar-refractivity contribution is -0.107. The fraction of sp³-hybridized carbons (Fsp3) is 0.222. The van der Waals surface area contributed by atoms with Crippen LogP contribution in [0.5, 0.6) is 5.75 Å². The van der Waals surface area contributed by atoms with Crippen molar-refractivity contribution in [2.24, 2.45) is 0 Å². The maximum atomic E-state index is 12.7. The van der Waals surface area contributed by atoms with Gasteiger partial charge in [-0.05, 0) is 12.1 Å². The topological polar surface area (TPSA) is 61.8 Å². The minimum atomic E-state index is -0.685. The van der Waals surface area contributed by atoms with Crippen molar-refractivity contribution in [3.63, 3.8) is 0 Å². The molecule has 0 saturated heterocycles. The molecule has 23 heavy (non-hydrogen) atoms. The zero-order valence-corrected chi connectivity index (χ0v) is 13.1. The van der Waals surface area contributed by atoms with Gasteiger partial charge in [0.15, 0.2) is 17.9 Å². The van der Waals surface area contributed by atoms with Crippen LogP contribution in [0, 0.1) is 0 Å². The lowest BCUT2D eigenvalue weighted by Crippen LogP contribution is -2.22. The van der Waals surface area contributed by atoms with E-state index in [4.69, 9.17) is 14.2 Å². The zero-order valence-electron chi connectivity index (χ0n) is 13.1. The molecule has 5 nitrogen and oxygen atoms in total. The Bertz CT molecular complexity index is 790. The monoisotopic (exact) mass is 312 g/mol. The van der Waals surface area contributed by atoms with E-state index in [1.165, 1.54) is 21.3 Å². The summed E-state index contributed by atoms with van der Waals surface area (Å²) in [4.78, 5) is 25.4. The highest BCUT2D eigenvalue weighted by Crippen LogP contribution is 2.35. The molecule has 0 spiro atoms.